The van der Waals surface area contributed by atoms with Crippen molar-refractivity contribution in [2.45, 2.75) is 38.2 Å². The van der Waals surface area contributed by atoms with Gasteiger partial charge in [-0.15, -0.1) is 0 Å². The van der Waals surface area contributed by atoms with Crippen LogP contribution in [0, 0.1) is 3.57 Å². The molecule has 0 heterocycles. The van der Waals surface area contributed by atoms with Gasteiger partial charge >= 0.3 is 0 Å². The quantitative estimate of drug-likeness (QED) is 0.843. The molecule has 0 radical (unpaired) electrons. The Balaban J connectivity index is 2.00. The molecule has 2 rings (SSSR count). The highest BCUT2D eigenvalue weighted by molar-refractivity contribution is 14.1. The summed E-state index contributed by atoms with van der Waals surface area (Å²) in [5.74, 6) is 1.20. The number of hydrogen-bond donors (Lipinski definition) is 1. The largest absolute Gasteiger partial charge is 0.507 e. The molecule has 0 spiro atoms. The highest BCUT2D eigenvalue weighted by Crippen LogP contribution is 2.27. The Bertz CT molecular complexity index is 332. The average molecular weight is 318 g/mol. The van der Waals surface area contributed by atoms with E-state index in [-0.39, 0.29) is 0 Å². The summed E-state index contributed by atoms with van der Waals surface area (Å²) in [6.07, 6.45) is 6.60. The molecular weight excluding hydrogens is 303 g/mol. The van der Waals surface area contributed by atoms with Crippen molar-refractivity contribution in [2.75, 3.05) is 0 Å². The molecule has 0 aromatic heterocycles. The van der Waals surface area contributed by atoms with Crippen molar-refractivity contribution >= 4 is 22.6 Å². The number of phenols is 1. The van der Waals surface area contributed by atoms with Gasteiger partial charge in [0.05, 0.1) is 9.67 Å². The van der Waals surface area contributed by atoms with E-state index in [1.165, 1.54) is 19.3 Å². The van der Waals surface area contributed by atoms with Gasteiger partial charge in [0.1, 0.15) is 11.5 Å². The number of aromatic hydroxyl groups is 1. The van der Waals surface area contributed by atoms with Gasteiger partial charge in [0.2, 0.25) is 0 Å². The Hall–Kier alpha value is -0.450. The predicted molar refractivity (Wildman–Crippen MR) is 68.3 cm³/mol. The lowest BCUT2D eigenvalue weighted by molar-refractivity contribution is 0.155. The van der Waals surface area contributed by atoms with Crippen LogP contribution in [0.2, 0.25) is 0 Å². The van der Waals surface area contributed by atoms with Crippen LogP contribution in [-0.2, 0) is 0 Å². The molecule has 1 aliphatic rings. The van der Waals surface area contributed by atoms with Gasteiger partial charge in [0.25, 0.3) is 0 Å². The minimum Gasteiger partial charge on any atom is -0.507 e. The molecule has 1 aliphatic carbocycles. The minimum atomic E-state index is 0.326. The number of benzene rings is 1. The topological polar surface area (TPSA) is 29.5 Å². The van der Waals surface area contributed by atoms with Gasteiger partial charge in [0.15, 0.2) is 0 Å². The van der Waals surface area contributed by atoms with Crippen LogP contribution in [0.4, 0.5) is 0 Å². The summed E-state index contributed by atoms with van der Waals surface area (Å²) in [4.78, 5) is 0. The lowest BCUT2D eigenvalue weighted by atomic mass is 9.98. The summed E-state index contributed by atoms with van der Waals surface area (Å²) in [6.45, 7) is 0. The zero-order valence-corrected chi connectivity index (χ0v) is 10.7. The average Bonchev–Trinajstić information content (AvgIpc) is 2.25. The van der Waals surface area contributed by atoms with Crippen LogP contribution in [0.3, 0.4) is 0 Å². The zero-order chi connectivity index (χ0) is 10.7. The van der Waals surface area contributed by atoms with Gasteiger partial charge in [-0.25, -0.2) is 0 Å². The van der Waals surface area contributed by atoms with Crippen molar-refractivity contribution in [1.29, 1.82) is 0 Å². The van der Waals surface area contributed by atoms with Crippen LogP contribution >= 0.6 is 22.6 Å². The van der Waals surface area contributed by atoms with Crippen LogP contribution in [0.15, 0.2) is 18.2 Å². The fraction of sp³-hybridized carbons (Fsp3) is 0.500. The maximum atomic E-state index is 9.39. The normalized spacial score (nSPS) is 17.7. The highest BCUT2D eigenvalue weighted by atomic mass is 127. The third-order valence-electron chi connectivity index (χ3n) is 2.77. The van der Waals surface area contributed by atoms with E-state index in [1.54, 1.807) is 6.07 Å². The number of rotatable bonds is 2. The van der Waals surface area contributed by atoms with Crippen LogP contribution in [0.25, 0.3) is 0 Å². The molecule has 15 heavy (non-hydrogen) atoms. The van der Waals surface area contributed by atoms with E-state index in [4.69, 9.17) is 4.74 Å². The summed E-state index contributed by atoms with van der Waals surface area (Å²) >= 11 is 2.11. The molecule has 0 unspecified atom stereocenters. The van der Waals surface area contributed by atoms with E-state index in [0.29, 0.717) is 11.9 Å². The lowest BCUT2D eigenvalue weighted by Gasteiger charge is -2.23. The van der Waals surface area contributed by atoms with Crippen LogP contribution < -0.4 is 4.74 Å². The smallest absolute Gasteiger partial charge is 0.129 e. The molecule has 0 saturated heterocycles. The lowest BCUT2D eigenvalue weighted by Crippen LogP contribution is -2.19. The molecule has 82 valence electrons. The summed E-state index contributed by atoms with van der Waals surface area (Å²) in [5.41, 5.74) is 0. The summed E-state index contributed by atoms with van der Waals surface area (Å²) in [5, 5.41) is 9.39. The molecule has 0 amide bonds. The second-order valence-corrected chi connectivity index (χ2v) is 5.15. The Labute approximate surface area is 104 Å². The van der Waals surface area contributed by atoms with E-state index in [1.807, 2.05) is 12.1 Å². The first kappa shape index (κ1) is 11.0. The van der Waals surface area contributed by atoms with Crippen molar-refractivity contribution in [3.05, 3.63) is 21.8 Å². The maximum Gasteiger partial charge on any atom is 0.129 e. The third kappa shape index (κ3) is 3.00. The number of phenolic OH excluding ortho intramolecular Hbond substituents is 1. The molecule has 0 atom stereocenters. The summed E-state index contributed by atoms with van der Waals surface area (Å²) in [7, 11) is 0. The Kier molecular flexibility index (Phi) is 3.72. The second-order valence-electron chi connectivity index (χ2n) is 3.99. The van der Waals surface area contributed by atoms with Gasteiger partial charge in [-0.2, -0.15) is 0 Å². The predicted octanol–water partition coefficient (Wildman–Crippen LogP) is 3.71. The molecule has 1 N–H and O–H groups in total. The molecule has 0 aliphatic heterocycles. The van der Waals surface area contributed by atoms with Gasteiger partial charge in [-0.3, -0.25) is 0 Å². The molecule has 1 aromatic carbocycles. The second kappa shape index (κ2) is 5.05. The van der Waals surface area contributed by atoms with Crippen LogP contribution in [0.5, 0.6) is 11.5 Å². The molecule has 1 saturated carbocycles. The first-order valence-corrected chi connectivity index (χ1v) is 6.49. The summed E-state index contributed by atoms with van der Waals surface area (Å²) < 4.78 is 6.72. The first-order valence-electron chi connectivity index (χ1n) is 5.41. The number of halogens is 1. The van der Waals surface area contributed by atoms with Crippen LogP contribution in [0.1, 0.15) is 32.1 Å². The Morgan fingerprint density at radius 3 is 2.60 bits per heavy atom. The first-order chi connectivity index (χ1) is 7.25. The minimum absolute atomic E-state index is 0.326. The van der Waals surface area contributed by atoms with Crippen molar-refractivity contribution in [3.63, 3.8) is 0 Å². The Morgan fingerprint density at radius 1 is 1.20 bits per heavy atom. The van der Waals surface area contributed by atoms with E-state index in [0.717, 1.165) is 22.2 Å². The molecule has 3 heteroatoms. The Morgan fingerprint density at radius 2 is 1.93 bits per heavy atom. The standard InChI is InChI=1S/C12H15IO2/c13-11-8-10(6-7-12(11)14)15-9-4-2-1-3-5-9/h6-9,14H,1-5H2. The van der Waals surface area contributed by atoms with Gasteiger partial charge in [-0.05, 0) is 66.5 Å². The van der Waals surface area contributed by atoms with Crippen molar-refractivity contribution in [3.8, 4) is 11.5 Å². The van der Waals surface area contributed by atoms with Crippen molar-refractivity contribution < 1.29 is 9.84 Å². The van der Waals surface area contributed by atoms with Gasteiger partial charge < -0.3 is 9.84 Å². The molecule has 1 fully saturated rings. The van der Waals surface area contributed by atoms with Crippen molar-refractivity contribution in [2.24, 2.45) is 0 Å². The fourth-order valence-corrected chi connectivity index (χ4v) is 2.42. The van der Waals surface area contributed by atoms with Crippen molar-refractivity contribution in [1.82, 2.24) is 0 Å². The monoisotopic (exact) mass is 318 g/mol. The van der Waals surface area contributed by atoms with E-state index < -0.39 is 0 Å². The SMILES string of the molecule is Oc1ccc(OC2CCCCC2)cc1I. The highest BCUT2D eigenvalue weighted by Gasteiger charge is 2.15. The number of ether oxygens (including phenoxy) is 1. The summed E-state index contributed by atoms with van der Waals surface area (Å²) in [6, 6.07) is 5.43. The zero-order valence-electron chi connectivity index (χ0n) is 8.58. The van der Waals surface area contributed by atoms with E-state index in [2.05, 4.69) is 22.6 Å². The fourth-order valence-electron chi connectivity index (χ4n) is 1.94. The molecule has 2 nitrogen and oxygen atoms in total. The maximum absolute atomic E-state index is 9.39. The molecule has 1 aromatic rings. The third-order valence-corrected chi connectivity index (χ3v) is 3.64. The molecule has 0 bridgehead atoms. The van der Waals surface area contributed by atoms with Crippen LogP contribution in [-0.4, -0.2) is 11.2 Å². The van der Waals surface area contributed by atoms with Gasteiger partial charge in [-0.1, -0.05) is 6.42 Å². The van der Waals surface area contributed by atoms with E-state index in [9.17, 15) is 5.11 Å². The molecular formula is C12H15IO2. The van der Waals surface area contributed by atoms with Gasteiger partial charge in [0, 0.05) is 0 Å². The van der Waals surface area contributed by atoms with E-state index >= 15 is 0 Å². The number of hydrogen-bond acceptors (Lipinski definition) is 2.